The van der Waals surface area contributed by atoms with Gasteiger partial charge in [0.15, 0.2) is 4.60 Å². The van der Waals surface area contributed by atoms with Gasteiger partial charge in [0.2, 0.25) is 0 Å². The zero-order chi connectivity index (χ0) is 12.3. The number of hydrogen-bond donors (Lipinski definition) is 1. The molecule has 0 amide bonds. The minimum atomic E-state index is 0.534. The number of likely N-dealkylation sites (N-methyl/N-ethyl adjacent to an activating group) is 1. The van der Waals surface area contributed by atoms with E-state index in [9.17, 15) is 0 Å². The van der Waals surface area contributed by atoms with Gasteiger partial charge in [0.1, 0.15) is 0 Å². The summed E-state index contributed by atoms with van der Waals surface area (Å²) in [5.41, 5.74) is 1.25. The van der Waals surface area contributed by atoms with Gasteiger partial charge in [-0.05, 0) is 35.3 Å². The minimum Gasteiger partial charge on any atom is -0.314 e. The average molecular weight is 301 g/mol. The molecule has 2 rings (SSSR count). The highest BCUT2D eigenvalue weighted by Crippen LogP contribution is 2.34. The maximum Gasteiger partial charge on any atom is 0.151 e. The third kappa shape index (κ3) is 2.88. The number of halogens is 1. The van der Waals surface area contributed by atoms with Gasteiger partial charge in [-0.15, -0.1) is 5.10 Å². The zero-order valence-corrected chi connectivity index (χ0v) is 12.2. The maximum atomic E-state index is 4.12. The quantitative estimate of drug-likeness (QED) is 0.873. The van der Waals surface area contributed by atoms with Crippen molar-refractivity contribution in [1.29, 1.82) is 0 Å². The number of rotatable bonds is 3. The van der Waals surface area contributed by atoms with Crippen molar-refractivity contribution >= 4 is 15.9 Å². The lowest BCUT2D eigenvalue weighted by Crippen LogP contribution is -2.35. The number of nitrogens with zero attached hydrogens (tertiary/aromatic N) is 3. The van der Waals surface area contributed by atoms with Crippen LogP contribution in [0.2, 0.25) is 0 Å². The Labute approximate surface area is 111 Å². The van der Waals surface area contributed by atoms with Gasteiger partial charge in [-0.25, -0.2) is 0 Å². The second kappa shape index (κ2) is 5.96. The Balaban J connectivity index is 2.25. The van der Waals surface area contributed by atoms with Crippen molar-refractivity contribution in [2.45, 2.75) is 51.0 Å². The van der Waals surface area contributed by atoms with Crippen LogP contribution in [0.4, 0.5) is 0 Å². The average Bonchev–Trinajstić information content (AvgIpc) is 2.54. The molecule has 0 aliphatic heterocycles. The molecule has 2 unspecified atom stereocenters. The maximum absolute atomic E-state index is 4.12. The van der Waals surface area contributed by atoms with Crippen molar-refractivity contribution in [3.05, 3.63) is 10.3 Å². The molecule has 1 heterocycles. The fraction of sp³-hybridized carbons (Fsp3) is 0.833. The molecule has 1 aromatic heterocycles. The first-order valence-electron chi connectivity index (χ1n) is 6.52. The third-order valence-corrected chi connectivity index (χ3v) is 4.23. The Morgan fingerprint density at radius 3 is 2.76 bits per heavy atom. The summed E-state index contributed by atoms with van der Waals surface area (Å²) in [5.74, 6) is 0.534. The van der Waals surface area contributed by atoms with Crippen molar-refractivity contribution in [2.24, 2.45) is 7.05 Å². The largest absolute Gasteiger partial charge is 0.314 e. The monoisotopic (exact) mass is 300 g/mol. The molecule has 1 N–H and O–H groups in total. The van der Waals surface area contributed by atoms with Gasteiger partial charge in [0.25, 0.3) is 0 Å². The van der Waals surface area contributed by atoms with Gasteiger partial charge in [-0.2, -0.15) is 0 Å². The number of nitrogens with one attached hydrogen (secondary N) is 1. The molecule has 1 fully saturated rings. The predicted octanol–water partition coefficient (Wildman–Crippen LogP) is 2.60. The second-order valence-electron chi connectivity index (χ2n) is 4.80. The van der Waals surface area contributed by atoms with E-state index >= 15 is 0 Å². The van der Waals surface area contributed by atoms with E-state index in [1.165, 1.54) is 37.8 Å². The Hall–Kier alpha value is -0.420. The summed E-state index contributed by atoms with van der Waals surface area (Å²) in [7, 11) is 1.99. The van der Waals surface area contributed by atoms with E-state index in [-0.39, 0.29) is 0 Å². The first-order chi connectivity index (χ1) is 8.24. The molecule has 5 heteroatoms. The summed E-state index contributed by atoms with van der Waals surface area (Å²) >= 11 is 3.53. The lowest BCUT2D eigenvalue weighted by Gasteiger charge is -2.25. The molecule has 0 aromatic carbocycles. The Morgan fingerprint density at radius 2 is 2.12 bits per heavy atom. The highest BCUT2D eigenvalue weighted by atomic mass is 79.9. The van der Waals surface area contributed by atoms with Crippen molar-refractivity contribution in [1.82, 2.24) is 20.3 Å². The molecule has 17 heavy (non-hydrogen) atoms. The Kier molecular flexibility index (Phi) is 4.56. The van der Waals surface area contributed by atoms with Gasteiger partial charge < -0.3 is 5.32 Å². The summed E-state index contributed by atoms with van der Waals surface area (Å²) in [6, 6.07) is 0.566. The molecular weight excluding hydrogens is 280 g/mol. The summed E-state index contributed by atoms with van der Waals surface area (Å²) in [6.07, 6.45) is 6.48. The van der Waals surface area contributed by atoms with E-state index < -0.39 is 0 Å². The smallest absolute Gasteiger partial charge is 0.151 e. The highest BCUT2D eigenvalue weighted by Gasteiger charge is 2.29. The molecule has 0 saturated heterocycles. The van der Waals surface area contributed by atoms with Crippen molar-refractivity contribution in [3.63, 3.8) is 0 Å². The molecule has 96 valence electrons. The van der Waals surface area contributed by atoms with E-state index in [0.717, 1.165) is 11.1 Å². The lowest BCUT2D eigenvalue weighted by atomic mass is 9.91. The van der Waals surface area contributed by atoms with Crippen LogP contribution < -0.4 is 5.32 Å². The molecular formula is C12H21BrN4. The molecule has 4 nitrogen and oxygen atoms in total. The summed E-state index contributed by atoms with van der Waals surface area (Å²) in [6.45, 7) is 3.21. The van der Waals surface area contributed by atoms with Crippen LogP contribution >= 0.6 is 15.9 Å². The number of aromatic nitrogens is 3. The molecule has 1 aromatic rings. The van der Waals surface area contributed by atoms with Gasteiger partial charge in [-0.1, -0.05) is 31.4 Å². The Bertz CT molecular complexity index is 344. The SMILES string of the molecule is CCNC1CCCCCC1c1c(Br)nnn1C. The number of hydrogen-bond acceptors (Lipinski definition) is 3. The van der Waals surface area contributed by atoms with E-state index in [2.05, 4.69) is 38.5 Å². The lowest BCUT2D eigenvalue weighted by molar-refractivity contribution is 0.401. The Morgan fingerprint density at radius 1 is 1.35 bits per heavy atom. The highest BCUT2D eigenvalue weighted by molar-refractivity contribution is 9.10. The van der Waals surface area contributed by atoms with E-state index in [0.29, 0.717) is 12.0 Å². The van der Waals surface area contributed by atoms with E-state index in [1.54, 1.807) is 0 Å². The van der Waals surface area contributed by atoms with Crippen LogP contribution in [0, 0.1) is 0 Å². The van der Waals surface area contributed by atoms with Crippen LogP contribution in [0.25, 0.3) is 0 Å². The normalized spacial score (nSPS) is 25.8. The van der Waals surface area contributed by atoms with Crippen LogP contribution in [0.1, 0.15) is 50.6 Å². The van der Waals surface area contributed by atoms with Crippen LogP contribution in [0.3, 0.4) is 0 Å². The summed E-state index contributed by atoms with van der Waals surface area (Å²) in [4.78, 5) is 0. The fourth-order valence-electron chi connectivity index (χ4n) is 2.87. The summed E-state index contributed by atoms with van der Waals surface area (Å²) in [5, 5.41) is 11.9. The standard InChI is InChI=1S/C12H21BrN4/c1-3-14-10-8-6-4-5-7-9(10)11-12(13)15-16-17(11)2/h9-10,14H,3-8H2,1-2H3. The molecule has 2 atom stereocenters. The van der Waals surface area contributed by atoms with Crippen LogP contribution in [-0.2, 0) is 7.05 Å². The van der Waals surface area contributed by atoms with Crippen molar-refractivity contribution in [3.8, 4) is 0 Å². The van der Waals surface area contributed by atoms with E-state index in [1.807, 2.05) is 11.7 Å². The molecule has 1 aliphatic carbocycles. The predicted molar refractivity (Wildman–Crippen MR) is 72.0 cm³/mol. The van der Waals surface area contributed by atoms with Crippen molar-refractivity contribution in [2.75, 3.05) is 6.54 Å². The first kappa shape index (κ1) is 13.0. The first-order valence-corrected chi connectivity index (χ1v) is 7.31. The molecule has 1 saturated carbocycles. The molecule has 0 bridgehead atoms. The third-order valence-electron chi connectivity index (χ3n) is 3.66. The van der Waals surface area contributed by atoms with Crippen LogP contribution in [-0.4, -0.2) is 27.6 Å². The van der Waals surface area contributed by atoms with Crippen molar-refractivity contribution < 1.29 is 0 Å². The zero-order valence-electron chi connectivity index (χ0n) is 10.6. The van der Waals surface area contributed by atoms with Gasteiger partial charge >= 0.3 is 0 Å². The second-order valence-corrected chi connectivity index (χ2v) is 5.55. The van der Waals surface area contributed by atoms with Crippen LogP contribution in [0.5, 0.6) is 0 Å². The molecule has 1 aliphatic rings. The van der Waals surface area contributed by atoms with E-state index in [4.69, 9.17) is 0 Å². The topological polar surface area (TPSA) is 42.7 Å². The van der Waals surface area contributed by atoms with Crippen LogP contribution in [0.15, 0.2) is 4.60 Å². The minimum absolute atomic E-state index is 0.534. The molecule has 0 radical (unpaired) electrons. The van der Waals surface area contributed by atoms with Gasteiger partial charge in [0.05, 0.1) is 5.69 Å². The molecule has 0 spiro atoms. The number of aryl methyl sites for hydroxylation is 1. The van der Waals surface area contributed by atoms with Gasteiger partial charge in [0, 0.05) is 19.0 Å². The van der Waals surface area contributed by atoms with Gasteiger partial charge in [-0.3, -0.25) is 4.68 Å². The summed E-state index contributed by atoms with van der Waals surface area (Å²) < 4.78 is 2.83. The fourth-order valence-corrected chi connectivity index (χ4v) is 3.50.